The second-order valence-corrected chi connectivity index (χ2v) is 8.64. The summed E-state index contributed by atoms with van der Waals surface area (Å²) in [5.41, 5.74) is 0.0433. The van der Waals surface area contributed by atoms with Crippen molar-refractivity contribution in [3.8, 4) is 5.69 Å². The van der Waals surface area contributed by atoms with Gasteiger partial charge in [-0.25, -0.2) is 9.37 Å². The normalized spacial score (nSPS) is 19.8. The first-order chi connectivity index (χ1) is 15.8. The molecule has 33 heavy (non-hydrogen) atoms. The molecular weight excluding hydrogens is 447 g/mol. The number of rotatable bonds is 5. The maximum atomic E-state index is 14.7. The fourth-order valence-corrected chi connectivity index (χ4v) is 4.27. The van der Waals surface area contributed by atoms with Crippen LogP contribution in [-0.2, 0) is 9.59 Å². The minimum Gasteiger partial charge on any atom is -0.323 e. The van der Waals surface area contributed by atoms with E-state index >= 15 is 0 Å². The predicted octanol–water partition coefficient (Wildman–Crippen LogP) is 4.26. The van der Waals surface area contributed by atoms with Crippen LogP contribution >= 0.6 is 11.6 Å². The molecule has 4 rings (SSSR count). The largest absolute Gasteiger partial charge is 0.323 e. The van der Waals surface area contributed by atoms with E-state index in [2.05, 4.69) is 15.6 Å². The van der Waals surface area contributed by atoms with Gasteiger partial charge in [0.1, 0.15) is 11.6 Å². The van der Waals surface area contributed by atoms with E-state index < -0.39 is 23.6 Å². The maximum absolute atomic E-state index is 14.7. The number of halogens is 2. The molecule has 0 aliphatic heterocycles. The first kappa shape index (κ1) is 22.7. The summed E-state index contributed by atoms with van der Waals surface area (Å²) in [7, 11) is 0. The van der Waals surface area contributed by atoms with Crippen molar-refractivity contribution in [2.45, 2.75) is 19.8 Å². The number of pyridine rings is 2. The SMILES string of the molecule is C[C@H]1C[C@H](C(=O)Nc2ccc(Cl)cn2)[C@@H](C(=O)Nc2ccc(-n3ccccc3=O)cc2F)C1. The van der Waals surface area contributed by atoms with Crippen LogP contribution in [0.25, 0.3) is 5.69 Å². The summed E-state index contributed by atoms with van der Waals surface area (Å²) in [5, 5.41) is 5.78. The minimum atomic E-state index is -0.672. The van der Waals surface area contributed by atoms with Crippen molar-refractivity contribution in [1.82, 2.24) is 9.55 Å². The number of benzene rings is 1. The van der Waals surface area contributed by atoms with Crippen molar-refractivity contribution in [3.05, 3.63) is 82.1 Å². The quantitative estimate of drug-likeness (QED) is 0.585. The predicted molar refractivity (Wildman–Crippen MR) is 124 cm³/mol. The maximum Gasteiger partial charge on any atom is 0.255 e. The van der Waals surface area contributed by atoms with Crippen LogP contribution in [0.4, 0.5) is 15.9 Å². The highest BCUT2D eigenvalue weighted by atomic mass is 35.5. The summed E-state index contributed by atoms with van der Waals surface area (Å²) in [6.45, 7) is 1.97. The number of carbonyl (C=O) groups is 2. The monoisotopic (exact) mass is 468 g/mol. The topological polar surface area (TPSA) is 93.1 Å². The van der Waals surface area contributed by atoms with Gasteiger partial charge in [0.15, 0.2) is 0 Å². The molecule has 0 unspecified atom stereocenters. The molecule has 3 aromatic rings. The van der Waals surface area contributed by atoms with E-state index in [-0.39, 0.29) is 23.1 Å². The van der Waals surface area contributed by atoms with Gasteiger partial charge in [0, 0.05) is 24.5 Å². The minimum absolute atomic E-state index is 0.00851. The molecular formula is C24H22ClFN4O3. The highest BCUT2D eigenvalue weighted by Gasteiger charge is 2.41. The van der Waals surface area contributed by atoms with E-state index in [0.717, 1.165) is 0 Å². The van der Waals surface area contributed by atoms with E-state index in [1.54, 1.807) is 30.3 Å². The molecule has 2 N–H and O–H groups in total. The van der Waals surface area contributed by atoms with E-state index in [9.17, 15) is 18.8 Å². The Morgan fingerprint density at radius 3 is 2.42 bits per heavy atom. The van der Waals surface area contributed by atoms with Gasteiger partial charge >= 0.3 is 0 Å². The van der Waals surface area contributed by atoms with Gasteiger partial charge in [-0.05, 0) is 49.1 Å². The number of carbonyl (C=O) groups excluding carboxylic acids is 2. The Hall–Kier alpha value is -3.52. The Morgan fingerprint density at radius 1 is 1.06 bits per heavy atom. The fraction of sp³-hybridized carbons (Fsp3) is 0.250. The highest BCUT2D eigenvalue weighted by molar-refractivity contribution is 6.30. The molecule has 2 heterocycles. The fourth-order valence-electron chi connectivity index (χ4n) is 4.16. The van der Waals surface area contributed by atoms with Crippen molar-refractivity contribution in [3.63, 3.8) is 0 Å². The summed E-state index contributed by atoms with van der Waals surface area (Å²) in [6.07, 6.45) is 4.01. The number of aromatic nitrogens is 2. The average molecular weight is 469 g/mol. The molecule has 3 atom stereocenters. The first-order valence-electron chi connectivity index (χ1n) is 10.5. The smallest absolute Gasteiger partial charge is 0.255 e. The Kier molecular flexibility index (Phi) is 6.55. The van der Waals surface area contributed by atoms with Gasteiger partial charge < -0.3 is 10.6 Å². The zero-order valence-electron chi connectivity index (χ0n) is 17.8. The molecule has 0 spiro atoms. The summed E-state index contributed by atoms with van der Waals surface area (Å²) in [5.74, 6) is -2.08. The number of amides is 2. The van der Waals surface area contributed by atoms with E-state index in [1.165, 1.54) is 35.2 Å². The van der Waals surface area contributed by atoms with Gasteiger partial charge in [-0.15, -0.1) is 0 Å². The van der Waals surface area contributed by atoms with E-state index in [0.29, 0.717) is 29.4 Å². The van der Waals surface area contributed by atoms with Gasteiger partial charge in [-0.2, -0.15) is 0 Å². The second kappa shape index (κ2) is 9.54. The lowest BCUT2D eigenvalue weighted by atomic mass is 9.94. The molecule has 1 aromatic carbocycles. The van der Waals surface area contributed by atoms with Gasteiger partial charge in [0.05, 0.1) is 28.2 Å². The zero-order chi connectivity index (χ0) is 23.5. The Labute approximate surface area is 194 Å². The summed E-state index contributed by atoms with van der Waals surface area (Å²) >= 11 is 5.83. The van der Waals surface area contributed by atoms with Crippen LogP contribution < -0.4 is 16.2 Å². The number of anilines is 2. The standard InChI is InChI=1S/C24H22ClFN4O3/c1-14-10-17(18(11-14)24(33)29-21-8-5-15(25)13-27-21)23(32)28-20-7-6-16(12-19(20)26)30-9-3-2-4-22(30)31/h2-9,12-14,17-18H,10-11H2,1H3,(H,28,32)(H,27,29,33)/t14-,17+,18+/m1/s1. The highest BCUT2D eigenvalue weighted by Crippen LogP contribution is 2.38. The zero-order valence-corrected chi connectivity index (χ0v) is 18.6. The Bertz CT molecular complexity index is 1240. The van der Waals surface area contributed by atoms with Crippen LogP contribution in [0.3, 0.4) is 0 Å². The van der Waals surface area contributed by atoms with Crippen molar-refractivity contribution >= 4 is 34.9 Å². The molecule has 0 bridgehead atoms. The molecule has 170 valence electrons. The Morgan fingerprint density at radius 2 is 1.79 bits per heavy atom. The van der Waals surface area contributed by atoms with Gasteiger partial charge in [0.25, 0.3) is 5.56 Å². The lowest BCUT2D eigenvalue weighted by Crippen LogP contribution is -2.33. The molecule has 1 saturated carbocycles. The van der Waals surface area contributed by atoms with Crippen molar-refractivity contribution in [2.24, 2.45) is 17.8 Å². The molecule has 7 nitrogen and oxygen atoms in total. The summed E-state index contributed by atoms with van der Waals surface area (Å²) in [6, 6.07) is 12.0. The van der Waals surface area contributed by atoms with Crippen LogP contribution in [0.1, 0.15) is 19.8 Å². The Balaban J connectivity index is 1.48. The summed E-state index contributed by atoms with van der Waals surface area (Å²) < 4.78 is 16.0. The number of nitrogens with one attached hydrogen (secondary N) is 2. The first-order valence-corrected chi connectivity index (χ1v) is 10.9. The van der Waals surface area contributed by atoms with Crippen molar-refractivity contribution < 1.29 is 14.0 Å². The van der Waals surface area contributed by atoms with E-state index in [1.807, 2.05) is 6.92 Å². The molecule has 0 radical (unpaired) electrons. The number of nitrogens with zero attached hydrogens (tertiary/aromatic N) is 2. The van der Waals surface area contributed by atoms with Crippen LogP contribution in [0.15, 0.2) is 65.7 Å². The van der Waals surface area contributed by atoms with Crippen LogP contribution in [0, 0.1) is 23.6 Å². The molecule has 0 saturated heterocycles. The third-order valence-electron chi connectivity index (χ3n) is 5.76. The molecule has 2 amide bonds. The lowest BCUT2D eigenvalue weighted by molar-refractivity contribution is -0.128. The average Bonchev–Trinajstić information content (AvgIpc) is 3.19. The van der Waals surface area contributed by atoms with Crippen LogP contribution in [-0.4, -0.2) is 21.4 Å². The molecule has 2 aromatic heterocycles. The van der Waals surface area contributed by atoms with Gasteiger partial charge in [-0.3, -0.25) is 19.0 Å². The third-order valence-corrected chi connectivity index (χ3v) is 5.99. The van der Waals surface area contributed by atoms with Crippen molar-refractivity contribution in [1.29, 1.82) is 0 Å². The van der Waals surface area contributed by atoms with Crippen LogP contribution in [0.2, 0.25) is 5.02 Å². The third kappa shape index (κ3) is 5.12. The van der Waals surface area contributed by atoms with Gasteiger partial charge in [0.2, 0.25) is 11.8 Å². The number of hydrogen-bond donors (Lipinski definition) is 2. The molecule has 1 fully saturated rings. The van der Waals surface area contributed by atoms with Crippen LogP contribution in [0.5, 0.6) is 0 Å². The number of hydrogen-bond acceptors (Lipinski definition) is 4. The lowest BCUT2D eigenvalue weighted by Gasteiger charge is -2.19. The van der Waals surface area contributed by atoms with E-state index in [4.69, 9.17) is 11.6 Å². The molecule has 1 aliphatic rings. The van der Waals surface area contributed by atoms with Gasteiger partial charge in [-0.1, -0.05) is 24.6 Å². The van der Waals surface area contributed by atoms with Crippen molar-refractivity contribution in [2.75, 3.05) is 10.6 Å². The summed E-state index contributed by atoms with van der Waals surface area (Å²) in [4.78, 5) is 41.9. The molecule has 9 heteroatoms. The second-order valence-electron chi connectivity index (χ2n) is 8.20. The molecule has 1 aliphatic carbocycles.